The van der Waals surface area contributed by atoms with Crippen LogP contribution in [-0.4, -0.2) is 46.9 Å². The van der Waals surface area contributed by atoms with Gasteiger partial charge in [-0.15, -0.1) is 10.2 Å². The summed E-state index contributed by atoms with van der Waals surface area (Å²) in [6.07, 6.45) is 1.60. The predicted molar refractivity (Wildman–Crippen MR) is 117 cm³/mol. The molecule has 0 fully saturated rings. The first-order valence-corrected chi connectivity index (χ1v) is 10.3. The molecule has 156 valence electrons. The fourth-order valence-electron chi connectivity index (χ4n) is 2.75. The van der Waals surface area contributed by atoms with Gasteiger partial charge in [0.2, 0.25) is 0 Å². The second-order valence-corrected chi connectivity index (χ2v) is 7.06. The maximum atomic E-state index is 12.1. The molecule has 0 spiro atoms. The minimum atomic E-state index is -0.217. The number of aromatic nitrogens is 3. The summed E-state index contributed by atoms with van der Waals surface area (Å²) in [4.78, 5) is 12.1. The number of hydrogen-bond acceptors (Lipinski definition) is 7. The van der Waals surface area contributed by atoms with Crippen LogP contribution in [0.25, 0.3) is 11.4 Å². The Morgan fingerprint density at radius 3 is 2.60 bits per heavy atom. The number of nitrogens with one attached hydrogen (secondary N) is 1. The van der Waals surface area contributed by atoms with Gasteiger partial charge in [0.1, 0.15) is 0 Å². The topological polar surface area (TPSA) is 90.6 Å². The van der Waals surface area contributed by atoms with Crippen LogP contribution in [0.1, 0.15) is 12.5 Å². The second kappa shape index (κ2) is 10.4. The van der Waals surface area contributed by atoms with Gasteiger partial charge in [0.15, 0.2) is 22.5 Å². The molecule has 1 aromatic heterocycles. The summed E-state index contributed by atoms with van der Waals surface area (Å²) in [6, 6.07) is 15.1. The SMILES string of the molecule is CCn1c(SCC(=O)N/N=C\c2ccccc2)nnc1-c1ccc(OC)c(OC)c1. The number of carbonyl (C=O) groups is 1. The van der Waals surface area contributed by atoms with Crippen molar-refractivity contribution in [2.75, 3.05) is 20.0 Å². The van der Waals surface area contributed by atoms with Crippen molar-refractivity contribution in [1.82, 2.24) is 20.2 Å². The Labute approximate surface area is 179 Å². The number of nitrogens with zero attached hydrogens (tertiary/aromatic N) is 4. The average Bonchev–Trinajstić information content (AvgIpc) is 3.20. The number of ether oxygens (including phenoxy) is 2. The minimum Gasteiger partial charge on any atom is -0.493 e. The van der Waals surface area contributed by atoms with E-state index in [2.05, 4.69) is 20.7 Å². The molecular weight excluding hydrogens is 402 g/mol. The Bertz CT molecular complexity index is 1020. The second-order valence-electron chi connectivity index (χ2n) is 6.11. The van der Waals surface area contributed by atoms with E-state index >= 15 is 0 Å². The van der Waals surface area contributed by atoms with E-state index in [-0.39, 0.29) is 11.7 Å². The molecule has 0 saturated carbocycles. The Balaban J connectivity index is 1.66. The molecule has 1 N–H and O–H groups in total. The number of amides is 1. The molecule has 0 aliphatic rings. The summed E-state index contributed by atoms with van der Waals surface area (Å²) in [7, 11) is 3.18. The third-order valence-electron chi connectivity index (χ3n) is 4.21. The van der Waals surface area contributed by atoms with Crippen LogP contribution in [-0.2, 0) is 11.3 Å². The van der Waals surface area contributed by atoms with Crippen molar-refractivity contribution in [2.45, 2.75) is 18.6 Å². The van der Waals surface area contributed by atoms with Gasteiger partial charge in [-0.1, -0.05) is 42.1 Å². The van der Waals surface area contributed by atoms with Crippen molar-refractivity contribution in [3.05, 3.63) is 54.1 Å². The summed E-state index contributed by atoms with van der Waals surface area (Å²) in [6.45, 7) is 2.66. The van der Waals surface area contributed by atoms with E-state index in [1.165, 1.54) is 11.8 Å². The molecule has 1 amide bonds. The summed E-state index contributed by atoms with van der Waals surface area (Å²) in [5.41, 5.74) is 4.29. The molecule has 2 aromatic carbocycles. The van der Waals surface area contributed by atoms with Crippen molar-refractivity contribution in [3.8, 4) is 22.9 Å². The normalized spacial score (nSPS) is 10.9. The smallest absolute Gasteiger partial charge is 0.250 e. The Morgan fingerprint density at radius 1 is 1.13 bits per heavy atom. The number of rotatable bonds is 9. The van der Waals surface area contributed by atoms with Crippen LogP contribution < -0.4 is 14.9 Å². The zero-order valence-corrected chi connectivity index (χ0v) is 17.8. The quantitative estimate of drug-likeness (QED) is 0.322. The highest BCUT2D eigenvalue weighted by molar-refractivity contribution is 7.99. The average molecular weight is 426 g/mol. The first kappa shape index (κ1) is 21.4. The minimum absolute atomic E-state index is 0.177. The lowest BCUT2D eigenvalue weighted by Gasteiger charge is -2.10. The lowest BCUT2D eigenvalue weighted by atomic mass is 10.2. The van der Waals surface area contributed by atoms with Gasteiger partial charge in [-0.3, -0.25) is 4.79 Å². The molecular formula is C21H23N5O3S. The lowest BCUT2D eigenvalue weighted by Crippen LogP contribution is -2.20. The maximum Gasteiger partial charge on any atom is 0.250 e. The number of benzene rings is 2. The first-order valence-electron chi connectivity index (χ1n) is 9.31. The van der Waals surface area contributed by atoms with Gasteiger partial charge in [0, 0.05) is 12.1 Å². The van der Waals surface area contributed by atoms with Crippen LogP contribution in [0.2, 0.25) is 0 Å². The van der Waals surface area contributed by atoms with Crippen LogP contribution in [0.15, 0.2) is 58.8 Å². The number of hydrazone groups is 1. The van der Waals surface area contributed by atoms with Gasteiger partial charge in [-0.25, -0.2) is 5.43 Å². The van der Waals surface area contributed by atoms with Crippen molar-refractivity contribution in [2.24, 2.45) is 5.10 Å². The Hall–Kier alpha value is -3.33. The third-order valence-corrected chi connectivity index (χ3v) is 5.18. The summed E-state index contributed by atoms with van der Waals surface area (Å²) in [5, 5.41) is 13.2. The van der Waals surface area contributed by atoms with E-state index in [1.54, 1.807) is 20.4 Å². The lowest BCUT2D eigenvalue weighted by molar-refractivity contribution is -0.118. The van der Waals surface area contributed by atoms with Crippen LogP contribution in [0.4, 0.5) is 0 Å². The van der Waals surface area contributed by atoms with E-state index < -0.39 is 0 Å². The number of carbonyl (C=O) groups excluding carboxylic acids is 1. The summed E-state index contributed by atoms with van der Waals surface area (Å²) >= 11 is 1.31. The van der Waals surface area contributed by atoms with Gasteiger partial charge < -0.3 is 14.0 Å². The molecule has 0 atom stereocenters. The van der Waals surface area contributed by atoms with Gasteiger partial charge in [-0.05, 0) is 30.7 Å². The highest BCUT2D eigenvalue weighted by atomic mass is 32.2. The van der Waals surface area contributed by atoms with Crippen LogP contribution >= 0.6 is 11.8 Å². The van der Waals surface area contributed by atoms with Gasteiger partial charge in [0.25, 0.3) is 5.91 Å². The third kappa shape index (κ3) is 5.18. The molecule has 0 radical (unpaired) electrons. The first-order chi connectivity index (χ1) is 14.7. The highest BCUT2D eigenvalue weighted by Crippen LogP contribution is 2.32. The molecule has 3 aromatic rings. The molecule has 0 aliphatic heterocycles. The largest absolute Gasteiger partial charge is 0.493 e. The predicted octanol–water partition coefficient (Wildman–Crippen LogP) is 3.22. The summed E-state index contributed by atoms with van der Waals surface area (Å²) < 4.78 is 12.6. The standard InChI is InChI=1S/C21H23N5O3S/c1-4-26-20(16-10-11-17(28-2)18(12-16)29-3)24-25-21(26)30-14-19(27)23-22-13-15-8-6-5-7-9-15/h5-13H,4,14H2,1-3H3,(H,23,27)/b22-13-. The van der Waals surface area contributed by atoms with Crippen LogP contribution in [0, 0.1) is 0 Å². The molecule has 0 saturated heterocycles. The van der Waals surface area contributed by atoms with Crippen LogP contribution in [0.3, 0.4) is 0 Å². The fourth-order valence-corrected chi connectivity index (χ4v) is 3.54. The van der Waals surface area contributed by atoms with Crippen molar-refractivity contribution < 1.29 is 14.3 Å². The maximum absolute atomic E-state index is 12.1. The van der Waals surface area contributed by atoms with Crippen molar-refractivity contribution >= 4 is 23.9 Å². The molecule has 3 rings (SSSR count). The number of methoxy groups -OCH3 is 2. The number of hydrogen-bond donors (Lipinski definition) is 1. The Morgan fingerprint density at radius 2 is 1.90 bits per heavy atom. The van der Waals surface area contributed by atoms with E-state index in [4.69, 9.17) is 9.47 Å². The Kier molecular flexibility index (Phi) is 7.45. The molecule has 0 bridgehead atoms. The van der Waals surface area contributed by atoms with E-state index in [1.807, 2.05) is 60.0 Å². The van der Waals surface area contributed by atoms with Crippen molar-refractivity contribution in [1.29, 1.82) is 0 Å². The zero-order valence-electron chi connectivity index (χ0n) is 17.0. The fraction of sp³-hybridized carbons (Fsp3) is 0.238. The van der Waals surface area contributed by atoms with E-state index in [0.29, 0.717) is 29.0 Å². The molecule has 30 heavy (non-hydrogen) atoms. The number of thioether (sulfide) groups is 1. The summed E-state index contributed by atoms with van der Waals surface area (Å²) in [5.74, 6) is 1.92. The van der Waals surface area contributed by atoms with Crippen LogP contribution in [0.5, 0.6) is 11.5 Å². The molecule has 0 aliphatic carbocycles. The van der Waals surface area contributed by atoms with Gasteiger partial charge >= 0.3 is 0 Å². The van der Waals surface area contributed by atoms with E-state index in [9.17, 15) is 4.79 Å². The monoisotopic (exact) mass is 425 g/mol. The van der Waals surface area contributed by atoms with E-state index in [0.717, 1.165) is 11.1 Å². The van der Waals surface area contributed by atoms with Crippen molar-refractivity contribution in [3.63, 3.8) is 0 Å². The van der Waals surface area contributed by atoms with Gasteiger partial charge in [-0.2, -0.15) is 5.10 Å². The van der Waals surface area contributed by atoms with Gasteiger partial charge in [0.05, 0.1) is 26.2 Å². The molecule has 0 unspecified atom stereocenters. The molecule has 8 nitrogen and oxygen atoms in total. The molecule has 1 heterocycles. The highest BCUT2D eigenvalue weighted by Gasteiger charge is 2.16. The molecule has 9 heteroatoms. The zero-order chi connectivity index (χ0) is 21.3.